The Balaban J connectivity index is 1.42. The van der Waals surface area contributed by atoms with Gasteiger partial charge in [-0.1, -0.05) is 42.5 Å². The lowest BCUT2D eigenvalue weighted by Crippen LogP contribution is -2.26. The molecule has 28 heavy (non-hydrogen) atoms. The number of hydrogen-bond acceptors (Lipinski definition) is 1. The second-order valence-electron chi connectivity index (χ2n) is 8.64. The number of hydrogen-bond donors (Lipinski definition) is 0. The second kappa shape index (κ2) is 8.99. The molecule has 1 atom stereocenters. The Morgan fingerprint density at radius 2 is 1.61 bits per heavy atom. The molecular weight excluding hydrogens is 340 g/mol. The molecule has 1 nitrogen and oxygen atoms in total. The lowest BCUT2D eigenvalue weighted by atomic mass is 9.69. The quantitative estimate of drug-likeness (QED) is 0.501. The SMILES string of the molecule is C/C=C/C1CCC(C2CCc3cc(-c4ccc(OCC)cc4)ccc3C2)CC1. The summed E-state index contributed by atoms with van der Waals surface area (Å²) in [4.78, 5) is 0. The molecule has 4 rings (SSSR count). The van der Waals surface area contributed by atoms with Crippen molar-refractivity contribution < 1.29 is 4.74 Å². The van der Waals surface area contributed by atoms with Crippen LogP contribution in [0.25, 0.3) is 11.1 Å². The fourth-order valence-corrected chi connectivity index (χ4v) is 5.36. The Bertz CT molecular complexity index is 794. The number of rotatable bonds is 5. The van der Waals surface area contributed by atoms with E-state index < -0.39 is 0 Å². The molecule has 1 saturated carbocycles. The van der Waals surface area contributed by atoms with E-state index in [0.29, 0.717) is 0 Å². The largest absolute Gasteiger partial charge is 0.494 e. The third kappa shape index (κ3) is 4.35. The Hall–Kier alpha value is -2.02. The van der Waals surface area contributed by atoms with E-state index in [0.717, 1.165) is 30.1 Å². The van der Waals surface area contributed by atoms with Crippen molar-refractivity contribution in [2.75, 3.05) is 6.61 Å². The van der Waals surface area contributed by atoms with E-state index in [1.807, 2.05) is 6.92 Å². The summed E-state index contributed by atoms with van der Waals surface area (Å²) in [6.45, 7) is 4.90. The smallest absolute Gasteiger partial charge is 0.119 e. The molecule has 0 heterocycles. The molecule has 0 amide bonds. The molecule has 2 aromatic rings. The molecule has 0 N–H and O–H groups in total. The number of benzene rings is 2. The summed E-state index contributed by atoms with van der Waals surface area (Å²) < 4.78 is 5.57. The van der Waals surface area contributed by atoms with Crippen molar-refractivity contribution in [1.82, 2.24) is 0 Å². The van der Waals surface area contributed by atoms with Gasteiger partial charge in [-0.3, -0.25) is 0 Å². The molecule has 0 bridgehead atoms. The van der Waals surface area contributed by atoms with Crippen molar-refractivity contribution in [2.45, 2.75) is 58.8 Å². The van der Waals surface area contributed by atoms with Gasteiger partial charge in [0.05, 0.1) is 6.61 Å². The predicted octanol–water partition coefficient (Wildman–Crippen LogP) is 7.24. The van der Waals surface area contributed by atoms with Crippen LogP contribution in [0.1, 0.15) is 57.1 Å². The van der Waals surface area contributed by atoms with Crippen LogP contribution in [0.3, 0.4) is 0 Å². The Morgan fingerprint density at radius 3 is 2.32 bits per heavy atom. The predicted molar refractivity (Wildman–Crippen MR) is 119 cm³/mol. The van der Waals surface area contributed by atoms with Crippen molar-refractivity contribution in [1.29, 1.82) is 0 Å². The fourth-order valence-electron chi connectivity index (χ4n) is 5.36. The lowest BCUT2D eigenvalue weighted by molar-refractivity contribution is 0.206. The van der Waals surface area contributed by atoms with Gasteiger partial charge in [-0.05, 0) is 111 Å². The highest BCUT2D eigenvalue weighted by molar-refractivity contribution is 5.66. The van der Waals surface area contributed by atoms with E-state index in [2.05, 4.69) is 61.5 Å². The van der Waals surface area contributed by atoms with Crippen LogP contribution < -0.4 is 4.74 Å². The zero-order valence-electron chi connectivity index (χ0n) is 17.5. The molecule has 148 valence electrons. The fraction of sp³-hybridized carbons (Fsp3) is 0.481. The summed E-state index contributed by atoms with van der Waals surface area (Å²) in [5, 5.41) is 0. The first-order valence-electron chi connectivity index (χ1n) is 11.2. The maximum atomic E-state index is 5.57. The average molecular weight is 375 g/mol. The molecule has 2 aliphatic carbocycles. The number of aryl methyl sites for hydroxylation is 1. The van der Waals surface area contributed by atoms with Gasteiger partial charge in [0.1, 0.15) is 5.75 Å². The molecule has 0 spiro atoms. The molecule has 0 aromatic heterocycles. The Labute approximate surface area is 170 Å². The number of allylic oxidation sites excluding steroid dienone is 2. The van der Waals surface area contributed by atoms with Gasteiger partial charge in [0.25, 0.3) is 0 Å². The summed E-state index contributed by atoms with van der Waals surface area (Å²) in [6, 6.07) is 15.7. The van der Waals surface area contributed by atoms with Crippen LogP contribution >= 0.6 is 0 Å². The van der Waals surface area contributed by atoms with Crippen LogP contribution in [-0.4, -0.2) is 6.61 Å². The van der Waals surface area contributed by atoms with Crippen LogP contribution in [0.2, 0.25) is 0 Å². The first-order valence-corrected chi connectivity index (χ1v) is 11.2. The average Bonchev–Trinajstić information content (AvgIpc) is 2.75. The molecule has 0 saturated heterocycles. The molecule has 1 fully saturated rings. The Morgan fingerprint density at radius 1 is 0.857 bits per heavy atom. The van der Waals surface area contributed by atoms with Crippen molar-refractivity contribution in [2.24, 2.45) is 17.8 Å². The van der Waals surface area contributed by atoms with Crippen LogP contribution in [-0.2, 0) is 12.8 Å². The zero-order chi connectivity index (χ0) is 19.3. The minimum Gasteiger partial charge on any atom is -0.494 e. The summed E-state index contributed by atoms with van der Waals surface area (Å²) in [7, 11) is 0. The first kappa shape index (κ1) is 19.3. The lowest BCUT2D eigenvalue weighted by Gasteiger charge is -2.36. The summed E-state index contributed by atoms with van der Waals surface area (Å²) in [5.41, 5.74) is 5.80. The van der Waals surface area contributed by atoms with Gasteiger partial charge in [-0.15, -0.1) is 0 Å². The maximum absolute atomic E-state index is 5.57. The van der Waals surface area contributed by atoms with E-state index in [9.17, 15) is 0 Å². The normalized spacial score (nSPS) is 24.9. The third-order valence-electron chi connectivity index (χ3n) is 6.92. The first-order chi connectivity index (χ1) is 13.8. The van der Waals surface area contributed by atoms with Crippen LogP contribution in [0.5, 0.6) is 5.75 Å². The summed E-state index contributed by atoms with van der Waals surface area (Å²) >= 11 is 0. The van der Waals surface area contributed by atoms with Crippen molar-refractivity contribution >= 4 is 0 Å². The topological polar surface area (TPSA) is 9.23 Å². The van der Waals surface area contributed by atoms with Crippen LogP contribution in [0, 0.1) is 17.8 Å². The van der Waals surface area contributed by atoms with Crippen LogP contribution in [0.15, 0.2) is 54.6 Å². The highest BCUT2D eigenvalue weighted by atomic mass is 16.5. The van der Waals surface area contributed by atoms with E-state index in [1.165, 1.54) is 56.1 Å². The standard InChI is InChI=1S/C27H34O/c1-3-5-20-6-8-21(9-7-20)23-10-12-26-19-24(11-13-25(26)18-23)22-14-16-27(17-15-22)28-4-2/h3,5,11,13-17,19-21,23H,4,6-10,12,18H2,1-2H3/b5-3+. The van der Waals surface area contributed by atoms with Crippen molar-refractivity contribution in [3.63, 3.8) is 0 Å². The third-order valence-corrected chi connectivity index (χ3v) is 6.92. The van der Waals surface area contributed by atoms with Gasteiger partial charge >= 0.3 is 0 Å². The van der Waals surface area contributed by atoms with Gasteiger partial charge in [-0.25, -0.2) is 0 Å². The molecule has 1 heteroatoms. The van der Waals surface area contributed by atoms with E-state index in [1.54, 1.807) is 11.1 Å². The second-order valence-corrected chi connectivity index (χ2v) is 8.64. The maximum Gasteiger partial charge on any atom is 0.119 e. The summed E-state index contributed by atoms with van der Waals surface area (Å²) in [5.74, 6) is 3.64. The summed E-state index contributed by atoms with van der Waals surface area (Å²) in [6.07, 6.45) is 14.2. The van der Waals surface area contributed by atoms with E-state index in [4.69, 9.17) is 4.74 Å². The minimum atomic E-state index is 0.719. The van der Waals surface area contributed by atoms with Crippen LogP contribution in [0.4, 0.5) is 0 Å². The molecule has 0 radical (unpaired) electrons. The van der Waals surface area contributed by atoms with E-state index in [-0.39, 0.29) is 0 Å². The van der Waals surface area contributed by atoms with Crippen molar-refractivity contribution in [3.8, 4) is 16.9 Å². The number of ether oxygens (including phenoxy) is 1. The molecule has 1 unspecified atom stereocenters. The molecule has 0 aliphatic heterocycles. The monoisotopic (exact) mass is 374 g/mol. The molecule has 2 aliphatic rings. The highest BCUT2D eigenvalue weighted by Gasteiger charge is 2.29. The van der Waals surface area contributed by atoms with Gasteiger partial charge in [0.15, 0.2) is 0 Å². The number of fused-ring (bicyclic) bond motifs is 1. The van der Waals surface area contributed by atoms with Gasteiger partial charge in [0.2, 0.25) is 0 Å². The highest BCUT2D eigenvalue weighted by Crippen LogP contribution is 2.40. The molecular formula is C27H34O. The van der Waals surface area contributed by atoms with Gasteiger partial charge in [-0.2, -0.15) is 0 Å². The van der Waals surface area contributed by atoms with Crippen molar-refractivity contribution in [3.05, 3.63) is 65.7 Å². The minimum absolute atomic E-state index is 0.719. The van der Waals surface area contributed by atoms with Gasteiger partial charge < -0.3 is 4.74 Å². The molecule has 2 aromatic carbocycles. The van der Waals surface area contributed by atoms with E-state index >= 15 is 0 Å². The Kier molecular flexibility index (Phi) is 6.20. The van der Waals surface area contributed by atoms with Gasteiger partial charge in [0, 0.05) is 0 Å². The zero-order valence-corrected chi connectivity index (χ0v) is 17.5.